The maximum Gasteiger partial charge on any atom is 0.251 e. The quantitative estimate of drug-likeness (QED) is 0.880. The smallest absolute Gasteiger partial charge is 0.251 e. The molecule has 0 unspecified atom stereocenters. The first-order valence-corrected chi connectivity index (χ1v) is 8.29. The zero-order chi connectivity index (χ0) is 18.4. The van der Waals surface area contributed by atoms with Crippen LogP contribution in [0.4, 0.5) is 11.4 Å². The number of carbonyl (C=O) groups excluding carboxylic acids is 2. The van der Waals surface area contributed by atoms with Gasteiger partial charge in [-0.25, -0.2) is 0 Å². The molecule has 0 aliphatic rings. The number of nitrogens with zero attached hydrogens (tertiary/aromatic N) is 2. The minimum absolute atomic E-state index is 0.0533. The van der Waals surface area contributed by atoms with Crippen LogP contribution in [0.5, 0.6) is 0 Å². The first kappa shape index (κ1) is 18.5. The van der Waals surface area contributed by atoms with E-state index in [-0.39, 0.29) is 11.8 Å². The van der Waals surface area contributed by atoms with Gasteiger partial charge in [-0.05, 0) is 43.3 Å². The molecule has 0 radical (unpaired) electrons. The zero-order valence-electron chi connectivity index (χ0n) is 15.2. The van der Waals surface area contributed by atoms with E-state index in [4.69, 9.17) is 0 Å². The van der Waals surface area contributed by atoms with E-state index >= 15 is 0 Å². The molecular formula is C20H25N3O2. The molecule has 2 aromatic carbocycles. The third-order valence-electron chi connectivity index (χ3n) is 3.96. The number of hydrogen-bond acceptors (Lipinski definition) is 3. The molecule has 0 saturated heterocycles. The maximum absolute atomic E-state index is 12.2. The second-order valence-electron chi connectivity index (χ2n) is 6.21. The van der Waals surface area contributed by atoms with Crippen LogP contribution >= 0.6 is 0 Å². The van der Waals surface area contributed by atoms with Gasteiger partial charge in [-0.15, -0.1) is 0 Å². The molecule has 2 amide bonds. The summed E-state index contributed by atoms with van der Waals surface area (Å²) in [6.45, 7) is 4.30. The molecule has 132 valence electrons. The highest BCUT2D eigenvalue weighted by atomic mass is 16.2. The van der Waals surface area contributed by atoms with Crippen LogP contribution in [0, 0.1) is 6.92 Å². The summed E-state index contributed by atoms with van der Waals surface area (Å²) in [5.41, 5.74) is 3.56. The number of nitrogens with one attached hydrogen (secondary N) is 1. The Hall–Kier alpha value is -2.82. The number of amides is 2. The Labute approximate surface area is 149 Å². The highest BCUT2D eigenvalue weighted by Crippen LogP contribution is 2.19. The van der Waals surface area contributed by atoms with Crippen molar-refractivity contribution in [2.24, 2.45) is 0 Å². The molecule has 25 heavy (non-hydrogen) atoms. The van der Waals surface area contributed by atoms with Crippen molar-refractivity contribution in [3.05, 3.63) is 59.7 Å². The molecule has 0 fully saturated rings. The van der Waals surface area contributed by atoms with Crippen molar-refractivity contribution in [3.63, 3.8) is 0 Å². The van der Waals surface area contributed by atoms with E-state index in [1.165, 1.54) is 6.92 Å². The average Bonchev–Trinajstić information content (AvgIpc) is 2.58. The third-order valence-corrected chi connectivity index (χ3v) is 3.96. The molecule has 5 nitrogen and oxygen atoms in total. The molecule has 0 atom stereocenters. The van der Waals surface area contributed by atoms with Gasteiger partial charge in [0, 0.05) is 51.0 Å². The van der Waals surface area contributed by atoms with Gasteiger partial charge in [0.25, 0.3) is 5.91 Å². The van der Waals surface area contributed by atoms with E-state index in [0.717, 1.165) is 16.9 Å². The Bertz CT molecular complexity index is 739. The number of aryl methyl sites for hydroxylation is 1. The van der Waals surface area contributed by atoms with Crippen LogP contribution in [-0.2, 0) is 4.79 Å². The van der Waals surface area contributed by atoms with Crippen LogP contribution in [0.25, 0.3) is 0 Å². The standard InChI is InChI=1S/C20H25N3O2/c1-15-6-5-7-17(14-15)20(25)21-12-13-23(16(2)24)19-10-8-18(9-11-19)22(3)4/h5-11,14H,12-13H2,1-4H3,(H,21,25). The van der Waals surface area contributed by atoms with Crippen molar-refractivity contribution in [2.45, 2.75) is 13.8 Å². The maximum atomic E-state index is 12.2. The minimum Gasteiger partial charge on any atom is -0.378 e. The van der Waals surface area contributed by atoms with Crippen molar-refractivity contribution in [2.75, 3.05) is 37.0 Å². The van der Waals surface area contributed by atoms with Crippen LogP contribution in [0.2, 0.25) is 0 Å². The van der Waals surface area contributed by atoms with E-state index in [1.54, 1.807) is 11.0 Å². The molecule has 0 bridgehead atoms. The van der Waals surface area contributed by atoms with Crippen LogP contribution in [0.1, 0.15) is 22.8 Å². The topological polar surface area (TPSA) is 52.7 Å². The number of rotatable bonds is 6. The minimum atomic E-state index is -0.129. The molecule has 0 saturated carbocycles. The molecule has 0 aliphatic carbocycles. The lowest BCUT2D eigenvalue weighted by atomic mass is 10.1. The number of carbonyl (C=O) groups is 2. The van der Waals surface area contributed by atoms with Gasteiger partial charge in [0.15, 0.2) is 0 Å². The molecular weight excluding hydrogens is 314 g/mol. The number of hydrogen-bond donors (Lipinski definition) is 1. The van der Waals surface area contributed by atoms with Crippen molar-refractivity contribution < 1.29 is 9.59 Å². The summed E-state index contributed by atoms with van der Waals surface area (Å²) < 4.78 is 0. The Kier molecular flexibility index (Phi) is 6.17. The van der Waals surface area contributed by atoms with Gasteiger partial charge in [-0.2, -0.15) is 0 Å². The Morgan fingerprint density at radius 1 is 1.00 bits per heavy atom. The van der Waals surface area contributed by atoms with Gasteiger partial charge in [0.2, 0.25) is 5.91 Å². The number of anilines is 2. The van der Waals surface area contributed by atoms with E-state index in [1.807, 2.05) is 68.4 Å². The highest BCUT2D eigenvalue weighted by Gasteiger charge is 2.12. The van der Waals surface area contributed by atoms with Crippen LogP contribution in [0.15, 0.2) is 48.5 Å². The molecule has 0 spiro atoms. The fourth-order valence-electron chi connectivity index (χ4n) is 2.57. The fourth-order valence-corrected chi connectivity index (χ4v) is 2.57. The predicted molar refractivity (Wildman–Crippen MR) is 102 cm³/mol. The number of benzene rings is 2. The average molecular weight is 339 g/mol. The summed E-state index contributed by atoms with van der Waals surface area (Å²) in [6, 6.07) is 15.2. The summed E-state index contributed by atoms with van der Waals surface area (Å²) in [4.78, 5) is 27.8. The molecule has 2 rings (SSSR count). The van der Waals surface area contributed by atoms with E-state index in [0.29, 0.717) is 18.7 Å². The molecule has 1 N–H and O–H groups in total. The van der Waals surface area contributed by atoms with Crippen molar-refractivity contribution >= 4 is 23.2 Å². The second-order valence-corrected chi connectivity index (χ2v) is 6.21. The largest absolute Gasteiger partial charge is 0.378 e. The van der Waals surface area contributed by atoms with Crippen LogP contribution in [-0.4, -0.2) is 39.0 Å². The second kappa shape index (κ2) is 8.33. The Balaban J connectivity index is 1.98. The molecule has 2 aromatic rings. The van der Waals surface area contributed by atoms with Gasteiger partial charge in [0.1, 0.15) is 0 Å². The zero-order valence-corrected chi connectivity index (χ0v) is 15.2. The lowest BCUT2D eigenvalue weighted by Gasteiger charge is -2.22. The lowest BCUT2D eigenvalue weighted by molar-refractivity contribution is -0.116. The van der Waals surface area contributed by atoms with Crippen molar-refractivity contribution in [1.82, 2.24) is 5.32 Å². The van der Waals surface area contributed by atoms with E-state index in [2.05, 4.69) is 5.32 Å². The van der Waals surface area contributed by atoms with E-state index < -0.39 is 0 Å². The van der Waals surface area contributed by atoms with Crippen LogP contribution in [0.3, 0.4) is 0 Å². The van der Waals surface area contributed by atoms with Gasteiger partial charge >= 0.3 is 0 Å². The van der Waals surface area contributed by atoms with E-state index in [9.17, 15) is 9.59 Å². The molecule has 0 aromatic heterocycles. The SMILES string of the molecule is CC(=O)N(CCNC(=O)c1cccc(C)c1)c1ccc(N(C)C)cc1. The molecule has 0 heterocycles. The predicted octanol–water partition coefficient (Wildman–Crippen LogP) is 2.84. The Morgan fingerprint density at radius 3 is 2.20 bits per heavy atom. The van der Waals surface area contributed by atoms with Crippen LogP contribution < -0.4 is 15.1 Å². The summed E-state index contributed by atoms with van der Waals surface area (Å²) in [6.07, 6.45) is 0. The lowest BCUT2D eigenvalue weighted by Crippen LogP contribution is -2.37. The monoisotopic (exact) mass is 339 g/mol. The molecule has 0 aliphatic heterocycles. The summed E-state index contributed by atoms with van der Waals surface area (Å²) >= 11 is 0. The summed E-state index contributed by atoms with van der Waals surface area (Å²) in [5, 5.41) is 2.87. The fraction of sp³-hybridized carbons (Fsp3) is 0.300. The molecule has 5 heteroatoms. The van der Waals surface area contributed by atoms with Gasteiger partial charge in [-0.1, -0.05) is 17.7 Å². The first-order chi connectivity index (χ1) is 11.9. The Morgan fingerprint density at radius 2 is 1.64 bits per heavy atom. The first-order valence-electron chi connectivity index (χ1n) is 8.29. The van der Waals surface area contributed by atoms with Gasteiger partial charge in [0.05, 0.1) is 0 Å². The van der Waals surface area contributed by atoms with Crippen molar-refractivity contribution in [1.29, 1.82) is 0 Å². The summed E-state index contributed by atoms with van der Waals surface area (Å²) in [7, 11) is 3.94. The van der Waals surface area contributed by atoms with Crippen molar-refractivity contribution in [3.8, 4) is 0 Å². The van der Waals surface area contributed by atoms with Gasteiger partial charge in [-0.3, -0.25) is 9.59 Å². The normalized spacial score (nSPS) is 10.2. The summed E-state index contributed by atoms with van der Waals surface area (Å²) in [5.74, 6) is -0.183. The third kappa shape index (κ3) is 5.08. The van der Waals surface area contributed by atoms with Gasteiger partial charge < -0.3 is 15.1 Å². The highest BCUT2D eigenvalue weighted by molar-refractivity contribution is 5.95.